The Morgan fingerprint density at radius 3 is 3.20 bits per heavy atom. The third-order valence-corrected chi connectivity index (χ3v) is 2.51. The molecule has 3 heteroatoms. The van der Waals surface area contributed by atoms with Gasteiger partial charge in [-0.3, -0.25) is 4.79 Å². The normalized spacial score (nSPS) is 13.9. The summed E-state index contributed by atoms with van der Waals surface area (Å²) in [4.78, 5) is 10.8. The average molecular weight is 205 g/mol. The van der Waals surface area contributed by atoms with E-state index in [2.05, 4.69) is 11.4 Å². The number of hydrogen-bond acceptors (Lipinski definition) is 2. The number of hydrogen-bond donors (Lipinski definition) is 1. The molecule has 0 unspecified atom stereocenters. The Morgan fingerprint density at radius 1 is 1.53 bits per heavy atom. The van der Waals surface area contributed by atoms with Crippen LogP contribution in [0.5, 0.6) is 5.75 Å². The summed E-state index contributed by atoms with van der Waals surface area (Å²) in [5.41, 5.74) is 2.39. The van der Waals surface area contributed by atoms with E-state index >= 15 is 0 Å². The average Bonchev–Trinajstić information content (AvgIpc) is 2.26. The van der Waals surface area contributed by atoms with Gasteiger partial charge in [0.2, 0.25) is 5.91 Å². The number of carbonyl (C=O) groups is 1. The van der Waals surface area contributed by atoms with Gasteiger partial charge in [-0.1, -0.05) is 12.1 Å². The minimum absolute atomic E-state index is 0.00368. The molecule has 3 nitrogen and oxygen atoms in total. The van der Waals surface area contributed by atoms with Crippen LogP contribution in [0.2, 0.25) is 0 Å². The molecule has 0 fully saturated rings. The van der Waals surface area contributed by atoms with Gasteiger partial charge in [0.25, 0.3) is 0 Å². The van der Waals surface area contributed by atoms with Crippen molar-refractivity contribution in [2.24, 2.45) is 0 Å². The van der Waals surface area contributed by atoms with Crippen LogP contribution in [0.15, 0.2) is 18.2 Å². The van der Waals surface area contributed by atoms with Gasteiger partial charge >= 0.3 is 0 Å². The molecule has 1 aliphatic rings. The van der Waals surface area contributed by atoms with Crippen molar-refractivity contribution >= 4 is 5.91 Å². The summed E-state index contributed by atoms with van der Waals surface area (Å²) in [5.74, 6) is 0.997. The number of amides is 1. The summed E-state index contributed by atoms with van der Waals surface area (Å²) < 4.78 is 5.52. The molecule has 1 amide bonds. The largest absolute Gasteiger partial charge is 0.493 e. The van der Waals surface area contributed by atoms with E-state index in [0.717, 1.165) is 30.8 Å². The molecule has 2 rings (SSSR count). The van der Waals surface area contributed by atoms with Crippen LogP contribution in [0.25, 0.3) is 0 Å². The standard InChI is InChI=1S/C12H15NO2/c1-9(14)13-8-10-4-5-12-11(7-10)3-2-6-15-12/h4-5,7H,2-3,6,8H2,1H3,(H,13,14). The monoisotopic (exact) mass is 205 g/mol. The number of carbonyl (C=O) groups excluding carboxylic acids is 1. The van der Waals surface area contributed by atoms with E-state index in [-0.39, 0.29) is 5.91 Å². The third-order valence-electron chi connectivity index (χ3n) is 2.51. The zero-order valence-electron chi connectivity index (χ0n) is 8.88. The van der Waals surface area contributed by atoms with Gasteiger partial charge < -0.3 is 10.1 Å². The molecule has 0 saturated carbocycles. The van der Waals surface area contributed by atoms with E-state index in [4.69, 9.17) is 4.74 Å². The molecule has 1 aromatic carbocycles. The molecule has 0 saturated heterocycles. The number of rotatable bonds is 2. The van der Waals surface area contributed by atoms with Crippen LogP contribution in [-0.4, -0.2) is 12.5 Å². The topological polar surface area (TPSA) is 38.3 Å². The molecule has 0 aromatic heterocycles. The number of fused-ring (bicyclic) bond motifs is 1. The minimum Gasteiger partial charge on any atom is -0.493 e. The third kappa shape index (κ3) is 2.49. The van der Waals surface area contributed by atoms with Crippen LogP contribution in [0, 0.1) is 0 Å². The summed E-state index contributed by atoms with van der Waals surface area (Å²) >= 11 is 0. The Kier molecular flexibility index (Phi) is 2.90. The van der Waals surface area contributed by atoms with Crippen LogP contribution in [0.4, 0.5) is 0 Å². The first kappa shape index (κ1) is 10.0. The Bertz CT molecular complexity index is 374. The first-order valence-electron chi connectivity index (χ1n) is 5.25. The predicted molar refractivity (Wildman–Crippen MR) is 57.8 cm³/mol. The molecule has 0 aliphatic carbocycles. The van der Waals surface area contributed by atoms with Gasteiger partial charge in [0.15, 0.2) is 0 Å². The Hall–Kier alpha value is -1.51. The molecule has 1 aliphatic heterocycles. The van der Waals surface area contributed by atoms with E-state index < -0.39 is 0 Å². The maximum atomic E-state index is 10.8. The lowest BCUT2D eigenvalue weighted by molar-refractivity contribution is -0.119. The van der Waals surface area contributed by atoms with Crippen LogP contribution >= 0.6 is 0 Å². The van der Waals surface area contributed by atoms with Crippen molar-refractivity contribution in [3.05, 3.63) is 29.3 Å². The predicted octanol–water partition coefficient (Wildman–Crippen LogP) is 1.65. The minimum atomic E-state index is 0.00368. The molecular weight excluding hydrogens is 190 g/mol. The zero-order chi connectivity index (χ0) is 10.7. The molecule has 0 radical (unpaired) electrons. The molecule has 0 atom stereocenters. The van der Waals surface area contributed by atoms with E-state index in [9.17, 15) is 4.79 Å². The summed E-state index contributed by atoms with van der Waals surface area (Å²) in [5, 5.41) is 2.79. The summed E-state index contributed by atoms with van der Waals surface area (Å²) in [6.07, 6.45) is 2.15. The first-order valence-corrected chi connectivity index (χ1v) is 5.25. The zero-order valence-corrected chi connectivity index (χ0v) is 8.88. The lowest BCUT2D eigenvalue weighted by Crippen LogP contribution is -2.19. The highest BCUT2D eigenvalue weighted by Gasteiger charge is 2.10. The molecule has 1 N–H and O–H groups in total. The van der Waals surface area contributed by atoms with Gasteiger partial charge in [0.05, 0.1) is 6.61 Å². The molecule has 15 heavy (non-hydrogen) atoms. The van der Waals surface area contributed by atoms with Crippen molar-refractivity contribution in [3.63, 3.8) is 0 Å². The SMILES string of the molecule is CC(=O)NCc1ccc2c(c1)CCCO2. The van der Waals surface area contributed by atoms with Gasteiger partial charge in [0.1, 0.15) is 5.75 Å². The molecule has 1 aromatic rings. The van der Waals surface area contributed by atoms with Crippen LogP contribution in [0.3, 0.4) is 0 Å². The summed E-state index contributed by atoms with van der Waals surface area (Å²) in [6, 6.07) is 6.11. The Labute approximate surface area is 89.4 Å². The second kappa shape index (κ2) is 4.34. The molecule has 0 spiro atoms. The smallest absolute Gasteiger partial charge is 0.217 e. The van der Waals surface area contributed by atoms with Gasteiger partial charge in [-0.2, -0.15) is 0 Å². The van der Waals surface area contributed by atoms with Crippen molar-refractivity contribution in [1.29, 1.82) is 0 Å². The van der Waals surface area contributed by atoms with Gasteiger partial charge in [-0.05, 0) is 30.0 Å². The molecule has 0 bridgehead atoms. The van der Waals surface area contributed by atoms with E-state index in [1.807, 2.05) is 12.1 Å². The number of ether oxygens (including phenoxy) is 1. The quantitative estimate of drug-likeness (QED) is 0.797. The van der Waals surface area contributed by atoms with E-state index in [1.165, 1.54) is 12.5 Å². The lowest BCUT2D eigenvalue weighted by Gasteiger charge is -2.17. The van der Waals surface area contributed by atoms with E-state index in [0.29, 0.717) is 6.54 Å². The fourth-order valence-electron chi connectivity index (χ4n) is 1.75. The van der Waals surface area contributed by atoms with Gasteiger partial charge in [0, 0.05) is 13.5 Å². The van der Waals surface area contributed by atoms with Crippen molar-refractivity contribution < 1.29 is 9.53 Å². The molecule has 80 valence electrons. The highest BCUT2D eigenvalue weighted by molar-refractivity contribution is 5.72. The molecule has 1 heterocycles. The van der Waals surface area contributed by atoms with Gasteiger partial charge in [-0.15, -0.1) is 0 Å². The first-order chi connectivity index (χ1) is 7.25. The maximum Gasteiger partial charge on any atom is 0.217 e. The van der Waals surface area contributed by atoms with Crippen molar-refractivity contribution in [2.75, 3.05) is 6.61 Å². The van der Waals surface area contributed by atoms with Crippen molar-refractivity contribution in [3.8, 4) is 5.75 Å². The fourth-order valence-corrected chi connectivity index (χ4v) is 1.75. The second-order valence-corrected chi connectivity index (χ2v) is 3.80. The van der Waals surface area contributed by atoms with Crippen LogP contribution in [-0.2, 0) is 17.8 Å². The van der Waals surface area contributed by atoms with Crippen molar-refractivity contribution in [2.45, 2.75) is 26.3 Å². The van der Waals surface area contributed by atoms with Gasteiger partial charge in [-0.25, -0.2) is 0 Å². The number of nitrogens with one attached hydrogen (secondary N) is 1. The number of aryl methyl sites for hydroxylation is 1. The maximum absolute atomic E-state index is 10.8. The highest BCUT2D eigenvalue weighted by atomic mass is 16.5. The van der Waals surface area contributed by atoms with E-state index in [1.54, 1.807) is 0 Å². The number of benzene rings is 1. The molecular formula is C12H15NO2. The summed E-state index contributed by atoms with van der Waals surface area (Å²) in [7, 11) is 0. The second-order valence-electron chi connectivity index (χ2n) is 3.80. The summed E-state index contributed by atoms with van der Waals surface area (Å²) in [6.45, 7) is 2.95. The Balaban J connectivity index is 2.10. The fraction of sp³-hybridized carbons (Fsp3) is 0.417. The van der Waals surface area contributed by atoms with Crippen LogP contribution < -0.4 is 10.1 Å². The lowest BCUT2D eigenvalue weighted by atomic mass is 10.0. The van der Waals surface area contributed by atoms with Crippen molar-refractivity contribution in [1.82, 2.24) is 5.32 Å². The highest BCUT2D eigenvalue weighted by Crippen LogP contribution is 2.25. The Morgan fingerprint density at radius 2 is 2.40 bits per heavy atom. The van der Waals surface area contributed by atoms with Crippen LogP contribution in [0.1, 0.15) is 24.5 Å².